The van der Waals surface area contributed by atoms with Gasteiger partial charge in [-0.05, 0) is 43.9 Å². The number of rotatable bonds is 9. The summed E-state index contributed by atoms with van der Waals surface area (Å²) in [6.45, 7) is 0. The van der Waals surface area contributed by atoms with Gasteiger partial charge in [-0.25, -0.2) is 14.5 Å². The molecule has 1 aliphatic carbocycles. The maximum absolute atomic E-state index is 13.3. The van der Waals surface area contributed by atoms with Crippen LogP contribution in [0.3, 0.4) is 0 Å². The van der Waals surface area contributed by atoms with Crippen molar-refractivity contribution in [3.63, 3.8) is 0 Å². The van der Waals surface area contributed by atoms with Gasteiger partial charge in [0, 0.05) is 16.0 Å². The van der Waals surface area contributed by atoms with Crippen molar-refractivity contribution in [1.82, 2.24) is 25.0 Å². The molecule has 2 amide bonds. The van der Waals surface area contributed by atoms with Crippen molar-refractivity contribution in [2.24, 2.45) is 5.16 Å². The number of aromatic nitrogens is 3. The molecular weight excluding hydrogens is 587 g/mol. The van der Waals surface area contributed by atoms with Gasteiger partial charge in [0.05, 0.1) is 11.9 Å². The molecule has 2 aromatic heterocycles. The van der Waals surface area contributed by atoms with Gasteiger partial charge in [0.15, 0.2) is 10.8 Å². The molecule has 2 fully saturated rings. The van der Waals surface area contributed by atoms with Gasteiger partial charge in [-0.3, -0.25) is 14.5 Å². The average Bonchev–Trinajstić information content (AvgIpc) is 3.75. The maximum Gasteiger partial charge on any atom is 0.353 e. The van der Waals surface area contributed by atoms with Gasteiger partial charge in [-0.2, -0.15) is 5.10 Å². The third-order valence-electron chi connectivity index (χ3n) is 6.83. The van der Waals surface area contributed by atoms with Crippen molar-refractivity contribution < 1.29 is 24.3 Å². The summed E-state index contributed by atoms with van der Waals surface area (Å²) in [7, 11) is 0. The number of thioether (sulfide) groups is 2. The summed E-state index contributed by atoms with van der Waals surface area (Å²) in [5, 5.41) is 23.3. The van der Waals surface area contributed by atoms with Gasteiger partial charge in [-0.1, -0.05) is 35.1 Å². The Balaban J connectivity index is 1.20. The number of carboxylic acids is 1. The number of hydrogen-bond donors (Lipinski definition) is 3. The highest BCUT2D eigenvalue weighted by molar-refractivity contribution is 8.06. The first kappa shape index (κ1) is 27.4. The number of thiazole rings is 1. The molecule has 0 bridgehead atoms. The molecule has 1 aromatic carbocycles. The van der Waals surface area contributed by atoms with Crippen LogP contribution in [0.5, 0.6) is 0 Å². The van der Waals surface area contributed by atoms with Gasteiger partial charge < -0.3 is 21.0 Å². The van der Waals surface area contributed by atoms with Gasteiger partial charge in [0.25, 0.3) is 11.8 Å². The number of β-lactam (4-membered cyclic amide) rings is 1. The molecule has 4 N–H and O–H groups in total. The molecule has 0 unspecified atom stereocenters. The highest BCUT2D eigenvalue weighted by Gasteiger charge is 2.54. The monoisotopic (exact) mass is 611 g/mol. The number of carbonyl (C=O) groups is 3. The molecule has 41 heavy (non-hydrogen) atoms. The Bertz CT molecular complexity index is 1550. The van der Waals surface area contributed by atoms with Crippen molar-refractivity contribution in [1.29, 1.82) is 0 Å². The molecule has 0 radical (unpaired) electrons. The Hall–Kier alpha value is -3.82. The van der Waals surface area contributed by atoms with Crippen molar-refractivity contribution >= 4 is 63.5 Å². The fourth-order valence-electron chi connectivity index (χ4n) is 4.86. The minimum atomic E-state index is -1.22. The summed E-state index contributed by atoms with van der Waals surface area (Å²) in [6, 6.07) is 10.3. The Morgan fingerprint density at radius 3 is 2.68 bits per heavy atom. The molecule has 12 nitrogen and oxygen atoms in total. The Kier molecular flexibility index (Phi) is 7.73. The maximum atomic E-state index is 13.3. The highest BCUT2D eigenvalue weighted by atomic mass is 32.2. The first-order valence-corrected chi connectivity index (χ1v) is 15.6. The molecule has 3 aliphatic rings. The van der Waals surface area contributed by atoms with E-state index in [0.717, 1.165) is 42.7 Å². The Labute approximate surface area is 247 Å². The number of hydrogen-bond acceptors (Lipinski definition) is 11. The van der Waals surface area contributed by atoms with Crippen LogP contribution in [0.4, 0.5) is 5.13 Å². The van der Waals surface area contributed by atoms with E-state index in [1.54, 1.807) is 22.3 Å². The second kappa shape index (κ2) is 11.6. The van der Waals surface area contributed by atoms with Crippen LogP contribution in [0.15, 0.2) is 68.8 Å². The average molecular weight is 612 g/mol. The van der Waals surface area contributed by atoms with Crippen molar-refractivity contribution in [2.75, 3.05) is 11.5 Å². The molecule has 2 aliphatic heterocycles. The van der Waals surface area contributed by atoms with E-state index < -0.39 is 29.2 Å². The van der Waals surface area contributed by atoms with E-state index in [1.165, 1.54) is 28.4 Å². The molecular formula is C26H25N7O5S3. The molecule has 1 saturated carbocycles. The SMILES string of the molecule is Nc1nc(/C(=N/OC2CCCC2)C(=O)N[C@@H]2C(=O)N3C(C(=O)O)=C(Sc4ccnn4-c4ccccc4)CS[C@@H]23)cs1. The van der Waals surface area contributed by atoms with E-state index in [0.29, 0.717) is 15.7 Å². The second-order valence-electron chi connectivity index (χ2n) is 9.48. The van der Waals surface area contributed by atoms with E-state index in [2.05, 4.69) is 20.6 Å². The lowest BCUT2D eigenvalue weighted by Gasteiger charge is -2.49. The predicted octanol–water partition coefficient (Wildman–Crippen LogP) is 3.06. The van der Waals surface area contributed by atoms with Crippen LogP contribution in [-0.2, 0) is 19.2 Å². The lowest BCUT2D eigenvalue weighted by molar-refractivity contribution is -0.150. The van der Waals surface area contributed by atoms with Crippen molar-refractivity contribution in [3.8, 4) is 5.69 Å². The van der Waals surface area contributed by atoms with Gasteiger partial charge in [0.1, 0.15) is 33.9 Å². The Morgan fingerprint density at radius 2 is 1.98 bits per heavy atom. The number of nitrogens with two attached hydrogens (primary N) is 1. The van der Waals surface area contributed by atoms with Crippen molar-refractivity contribution in [2.45, 2.75) is 48.2 Å². The number of carboxylic acid groups (broad SMARTS) is 1. The van der Waals surface area contributed by atoms with E-state index in [9.17, 15) is 19.5 Å². The largest absolute Gasteiger partial charge is 0.477 e. The van der Waals surface area contributed by atoms with Crippen LogP contribution >= 0.6 is 34.9 Å². The number of oxime groups is 1. The van der Waals surface area contributed by atoms with Crippen molar-refractivity contribution in [3.05, 3.63) is 64.3 Å². The van der Waals surface area contributed by atoms with Crippen LogP contribution in [-0.4, -0.2) is 71.5 Å². The standard InChI is InChI=1S/C26H25N7O5S3/c27-26-29-16(12-40-26)19(31-38-15-8-4-5-9-15)22(34)30-20-23(35)32-21(25(36)37)17(13-39-24(20)32)41-18-10-11-28-33(18)14-6-2-1-3-7-14/h1-3,6-7,10-12,15,20,24H,4-5,8-9,13H2,(H2,27,29)(H,30,34)(H,36,37)/b31-19-/t20-,24+/m1/s1. The van der Waals surface area contributed by atoms with E-state index in [-0.39, 0.29) is 28.3 Å². The highest BCUT2D eigenvalue weighted by Crippen LogP contribution is 2.45. The number of benzene rings is 1. The normalized spacial score (nSPS) is 21.0. The summed E-state index contributed by atoms with van der Waals surface area (Å²) >= 11 is 3.79. The third kappa shape index (κ3) is 5.44. The summed E-state index contributed by atoms with van der Waals surface area (Å²) in [5.74, 6) is -2.04. The molecule has 2 atom stereocenters. The molecule has 3 aromatic rings. The van der Waals surface area contributed by atoms with Crippen LogP contribution < -0.4 is 11.1 Å². The van der Waals surface area contributed by atoms with Crippen LogP contribution in [0.2, 0.25) is 0 Å². The Morgan fingerprint density at radius 1 is 1.20 bits per heavy atom. The van der Waals surface area contributed by atoms with E-state index >= 15 is 0 Å². The minimum absolute atomic E-state index is 0.0728. The molecule has 15 heteroatoms. The number of fused-ring (bicyclic) bond motifs is 1. The first-order valence-electron chi connectivity index (χ1n) is 12.8. The number of carbonyl (C=O) groups excluding carboxylic acids is 2. The summed E-state index contributed by atoms with van der Waals surface area (Å²) < 4.78 is 1.72. The summed E-state index contributed by atoms with van der Waals surface area (Å²) in [5.41, 5.74) is 6.69. The van der Waals surface area contributed by atoms with Crippen LogP contribution in [0.1, 0.15) is 31.4 Å². The zero-order valence-electron chi connectivity index (χ0n) is 21.5. The molecule has 6 rings (SSSR count). The molecule has 4 heterocycles. The summed E-state index contributed by atoms with van der Waals surface area (Å²) in [6.07, 6.45) is 5.32. The lowest BCUT2D eigenvalue weighted by Crippen LogP contribution is -2.71. The number of amides is 2. The zero-order chi connectivity index (χ0) is 28.5. The third-order valence-corrected chi connectivity index (χ3v) is 10.1. The van der Waals surface area contributed by atoms with Gasteiger partial charge in [-0.15, -0.1) is 23.1 Å². The number of nitrogens with one attached hydrogen (secondary N) is 1. The number of nitrogen functional groups attached to an aromatic ring is 1. The number of anilines is 1. The topological polar surface area (TPSA) is 165 Å². The van der Waals surface area contributed by atoms with Crippen LogP contribution in [0.25, 0.3) is 5.69 Å². The zero-order valence-corrected chi connectivity index (χ0v) is 24.0. The fraction of sp³-hybridized carbons (Fsp3) is 0.308. The van der Waals surface area contributed by atoms with Gasteiger partial charge in [0.2, 0.25) is 0 Å². The molecule has 1 saturated heterocycles. The van der Waals surface area contributed by atoms with Gasteiger partial charge >= 0.3 is 5.97 Å². The first-order chi connectivity index (χ1) is 19.9. The lowest BCUT2D eigenvalue weighted by atomic mass is 10.0. The summed E-state index contributed by atoms with van der Waals surface area (Å²) in [4.78, 5) is 50.5. The van der Waals surface area contributed by atoms with E-state index in [1.807, 2.05) is 30.3 Å². The second-order valence-corrected chi connectivity index (χ2v) is 12.6. The number of nitrogens with zero attached hydrogens (tertiary/aromatic N) is 5. The van der Waals surface area contributed by atoms with E-state index in [4.69, 9.17) is 10.6 Å². The predicted molar refractivity (Wildman–Crippen MR) is 156 cm³/mol. The smallest absolute Gasteiger partial charge is 0.353 e. The minimum Gasteiger partial charge on any atom is -0.477 e. The molecule has 0 spiro atoms. The quantitative estimate of drug-likeness (QED) is 0.186. The fourth-order valence-corrected chi connectivity index (χ4v) is 7.94. The van der Waals surface area contributed by atoms with Crippen LogP contribution in [0, 0.1) is 0 Å². The molecule has 212 valence electrons. The number of aliphatic carboxylic acids is 1. The number of para-hydroxylation sites is 1.